The molecule has 1 spiro atoms. The van der Waals surface area contributed by atoms with Crippen molar-refractivity contribution in [3.05, 3.63) is 210 Å². The van der Waals surface area contributed by atoms with Crippen LogP contribution in [0.4, 0.5) is 0 Å². The lowest BCUT2D eigenvalue weighted by molar-refractivity contribution is 0.436. The first-order chi connectivity index (χ1) is 26.8. The Bertz CT molecular complexity index is 2880. The summed E-state index contributed by atoms with van der Waals surface area (Å²) >= 11 is 0. The Balaban J connectivity index is 1.17. The highest BCUT2D eigenvalue weighted by molar-refractivity contribution is 6.00. The summed E-state index contributed by atoms with van der Waals surface area (Å²) in [5.41, 5.74) is 11.5. The van der Waals surface area contributed by atoms with Crippen LogP contribution in [-0.4, -0.2) is 15.0 Å². The van der Waals surface area contributed by atoms with Crippen molar-refractivity contribution in [2.75, 3.05) is 0 Å². The molecule has 1 aromatic heterocycles. The predicted octanol–water partition coefficient (Wildman–Crippen LogP) is 12.2. The van der Waals surface area contributed by atoms with Crippen molar-refractivity contribution >= 4 is 10.8 Å². The Morgan fingerprint density at radius 2 is 0.870 bits per heavy atom. The van der Waals surface area contributed by atoms with Gasteiger partial charge in [0.2, 0.25) is 0 Å². The predicted molar refractivity (Wildman–Crippen MR) is 216 cm³/mol. The molecule has 0 saturated heterocycles. The topological polar surface area (TPSA) is 47.9 Å². The number of hydrogen-bond acceptors (Lipinski definition) is 4. The van der Waals surface area contributed by atoms with Crippen molar-refractivity contribution in [2.45, 2.75) is 5.41 Å². The maximum absolute atomic E-state index is 6.58. The molecule has 0 fully saturated rings. The van der Waals surface area contributed by atoms with Gasteiger partial charge in [-0.3, -0.25) is 0 Å². The number of rotatable bonds is 4. The molecule has 252 valence electrons. The van der Waals surface area contributed by atoms with Gasteiger partial charge in [0.25, 0.3) is 0 Å². The molecule has 0 bridgehead atoms. The van der Waals surface area contributed by atoms with Gasteiger partial charge >= 0.3 is 0 Å². The number of fused-ring (bicyclic) bond motifs is 10. The molecule has 2 heterocycles. The summed E-state index contributed by atoms with van der Waals surface area (Å²) in [6.07, 6.45) is 0. The summed E-state index contributed by atoms with van der Waals surface area (Å²) in [5, 5.41) is 2.38. The molecule has 8 aromatic carbocycles. The van der Waals surface area contributed by atoms with Crippen LogP contribution < -0.4 is 4.74 Å². The van der Waals surface area contributed by atoms with Crippen LogP contribution >= 0.6 is 0 Å². The number of benzene rings is 8. The number of aromatic nitrogens is 3. The van der Waals surface area contributed by atoms with E-state index in [0.29, 0.717) is 17.5 Å². The zero-order valence-corrected chi connectivity index (χ0v) is 29.1. The van der Waals surface area contributed by atoms with Gasteiger partial charge in [0.1, 0.15) is 11.5 Å². The largest absolute Gasteiger partial charge is 0.457 e. The van der Waals surface area contributed by atoms with Crippen LogP contribution in [-0.2, 0) is 5.41 Å². The maximum Gasteiger partial charge on any atom is 0.164 e. The van der Waals surface area contributed by atoms with Crippen LogP contribution in [0.3, 0.4) is 0 Å². The molecule has 0 amide bonds. The van der Waals surface area contributed by atoms with Gasteiger partial charge in [0, 0.05) is 27.8 Å². The molecule has 1 aliphatic carbocycles. The second-order valence-corrected chi connectivity index (χ2v) is 13.9. The second kappa shape index (κ2) is 11.9. The van der Waals surface area contributed by atoms with Crippen LogP contribution in [0.5, 0.6) is 11.5 Å². The molecule has 2 aliphatic rings. The summed E-state index contributed by atoms with van der Waals surface area (Å²) < 4.78 is 6.58. The molecule has 9 aromatic rings. The van der Waals surface area contributed by atoms with Gasteiger partial charge in [-0.2, -0.15) is 0 Å². The number of para-hydroxylation sites is 2. The van der Waals surface area contributed by atoms with E-state index >= 15 is 0 Å². The van der Waals surface area contributed by atoms with E-state index in [-0.39, 0.29) is 0 Å². The van der Waals surface area contributed by atoms with E-state index < -0.39 is 5.41 Å². The first kappa shape index (κ1) is 30.5. The fourth-order valence-electron chi connectivity index (χ4n) is 8.71. The van der Waals surface area contributed by atoms with Gasteiger partial charge in [0.05, 0.1) is 5.41 Å². The first-order valence-electron chi connectivity index (χ1n) is 18.3. The summed E-state index contributed by atoms with van der Waals surface area (Å²) in [6, 6.07) is 66.0. The normalized spacial score (nSPS) is 13.1. The number of nitrogens with zero attached hydrogens (tertiary/aromatic N) is 3. The lowest BCUT2D eigenvalue weighted by Gasteiger charge is -2.39. The van der Waals surface area contributed by atoms with Gasteiger partial charge < -0.3 is 4.74 Å². The zero-order valence-electron chi connectivity index (χ0n) is 29.1. The SMILES string of the molecule is c1ccc(-c2nc(-c3ccc4c(c3)C3(c5ccccc5Oc5ccccc53)c3ccccc3-4)nc(-c3ccccc3-c3cccc4ccccc34)n2)cc1. The van der Waals surface area contributed by atoms with Gasteiger partial charge in [-0.05, 0) is 62.4 Å². The Morgan fingerprint density at radius 3 is 1.65 bits per heavy atom. The van der Waals surface area contributed by atoms with E-state index in [1.165, 1.54) is 33.0 Å². The molecule has 54 heavy (non-hydrogen) atoms. The Kier molecular flexibility index (Phi) is 6.73. The van der Waals surface area contributed by atoms with Crippen molar-refractivity contribution in [2.24, 2.45) is 0 Å². The van der Waals surface area contributed by atoms with Crippen molar-refractivity contribution in [3.8, 4) is 67.9 Å². The molecule has 0 radical (unpaired) electrons. The van der Waals surface area contributed by atoms with Crippen molar-refractivity contribution in [3.63, 3.8) is 0 Å². The molecule has 4 nitrogen and oxygen atoms in total. The van der Waals surface area contributed by atoms with E-state index in [1.807, 2.05) is 30.3 Å². The minimum Gasteiger partial charge on any atom is -0.457 e. The Hall–Kier alpha value is -7.17. The average molecular weight is 690 g/mol. The lowest BCUT2D eigenvalue weighted by atomic mass is 9.66. The van der Waals surface area contributed by atoms with Gasteiger partial charge in [0.15, 0.2) is 17.5 Å². The standard InChI is InChI=1S/C50H31N3O/c1-2-16-33(17-3-1)47-51-48(53-49(52-47)40-22-7-6-20-37(40)36-23-14-18-32-15-4-5-19-35(32)36)34-29-30-39-38-21-8-9-24-41(38)50(44(39)31-34)42-25-10-12-27-45(42)54-46-28-13-11-26-43(46)50/h1-31H. The maximum atomic E-state index is 6.58. The van der Waals surface area contributed by atoms with Crippen LogP contribution in [0, 0.1) is 0 Å². The third kappa shape index (κ3) is 4.47. The summed E-state index contributed by atoms with van der Waals surface area (Å²) in [4.78, 5) is 15.7. The van der Waals surface area contributed by atoms with Crippen LogP contribution in [0.1, 0.15) is 22.3 Å². The highest BCUT2D eigenvalue weighted by Gasteiger charge is 2.51. The quantitative estimate of drug-likeness (QED) is 0.185. The molecule has 0 unspecified atom stereocenters. The van der Waals surface area contributed by atoms with Crippen molar-refractivity contribution in [1.29, 1.82) is 0 Å². The molecular weight excluding hydrogens is 659 g/mol. The van der Waals surface area contributed by atoms with E-state index in [0.717, 1.165) is 50.4 Å². The monoisotopic (exact) mass is 689 g/mol. The van der Waals surface area contributed by atoms with Crippen LogP contribution in [0.25, 0.3) is 67.2 Å². The highest BCUT2D eigenvalue weighted by Crippen LogP contribution is 2.62. The van der Waals surface area contributed by atoms with Crippen molar-refractivity contribution < 1.29 is 4.74 Å². The Morgan fingerprint density at radius 1 is 0.333 bits per heavy atom. The Labute approximate surface area is 313 Å². The van der Waals surface area contributed by atoms with Gasteiger partial charge in [-0.1, -0.05) is 170 Å². The molecule has 1 aliphatic heterocycles. The number of ether oxygens (including phenoxy) is 1. The molecule has 11 rings (SSSR count). The lowest BCUT2D eigenvalue weighted by Crippen LogP contribution is -2.32. The minimum absolute atomic E-state index is 0.591. The third-order valence-electron chi connectivity index (χ3n) is 11.0. The summed E-state index contributed by atoms with van der Waals surface area (Å²) in [7, 11) is 0. The van der Waals surface area contributed by atoms with E-state index in [9.17, 15) is 0 Å². The smallest absolute Gasteiger partial charge is 0.164 e. The average Bonchev–Trinajstić information content (AvgIpc) is 3.53. The van der Waals surface area contributed by atoms with E-state index in [4.69, 9.17) is 19.7 Å². The van der Waals surface area contributed by atoms with Crippen LogP contribution in [0.15, 0.2) is 188 Å². The molecule has 0 saturated carbocycles. The van der Waals surface area contributed by atoms with E-state index in [2.05, 4.69) is 158 Å². The van der Waals surface area contributed by atoms with Crippen molar-refractivity contribution in [1.82, 2.24) is 15.0 Å². The van der Waals surface area contributed by atoms with E-state index in [1.54, 1.807) is 0 Å². The zero-order chi connectivity index (χ0) is 35.6. The minimum atomic E-state index is -0.591. The fraction of sp³-hybridized carbons (Fsp3) is 0.0200. The molecule has 0 atom stereocenters. The summed E-state index contributed by atoms with van der Waals surface area (Å²) in [6.45, 7) is 0. The highest BCUT2D eigenvalue weighted by atomic mass is 16.5. The first-order valence-corrected chi connectivity index (χ1v) is 18.3. The van der Waals surface area contributed by atoms with Crippen LogP contribution in [0.2, 0.25) is 0 Å². The fourth-order valence-corrected chi connectivity index (χ4v) is 8.71. The molecular formula is C50H31N3O. The van der Waals surface area contributed by atoms with Gasteiger partial charge in [-0.25, -0.2) is 15.0 Å². The third-order valence-corrected chi connectivity index (χ3v) is 11.0. The molecule has 4 heteroatoms. The second-order valence-electron chi connectivity index (χ2n) is 13.9. The summed E-state index contributed by atoms with van der Waals surface area (Å²) in [5.74, 6) is 3.60. The van der Waals surface area contributed by atoms with Gasteiger partial charge in [-0.15, -0.1) is 0 Å². The number of hydrogen-bond donors (Lipinski definition) is 0. The molecule has 0 N–H and O–H groups in total.